The number of hydrogen-bond donors (Lipinski definition) is 4. The molecule has 0 aromatic heterocycles. The molecule has 6 heteroatoms. The highest BCUT2D eigenvalue weighted by molar-refractivity contribution is 7.80. The molecule has 0 saturated heterocycles. The minimum absolute atomic E-state index is 0.462. The summed E-state index contributed by atoms with van der Waals surface area (Å²) >= 11 is 10.2. The molecule has 0 aromatic carbocycles. The average Bonchev–Trinajstić information content (AvgIpc) is 2.32. The third-order valence-corrected chi connectivity index (χ3v) is 4.07. The van der Waals surface area contributed by atoms with Gasteiger partial charge >= 0.3 is 0 Å². The first-order valence-corrected chi connectivity index (χ1v) is 6.90. The first kappa shape index (κ1) is 14.4. The van der Waals surface area contributed by atoms with Gasteiger partial charge in [0.2, 0.25) is 0 Å². The quantitative estimate of drug-likeness (QED) is 0.427. The molecule has 0 spiro atoms. The maximum Gasteiger partial charge on any atom is 0.185 e. The lowest BCUT2D eigenvalue weighted by Crippen LogP contribution is -2.53. The Hall–Kier alpha value is -0.620. The van der Waals surface area contributed by atoms with Crippen molar-refractivity contribution < 1.29 is 0 Å². The molecule has 1 aliphatic carbocycles. The topological polar surface area (TPSA) is 48.1 Å². The molecule has 0 amide bonds. The summed E-state index contributed by atoms with van der Waals surface area (Å²) < 4.78 is 0. The van der Waals surface area contributed by atoms with E-state index in [0.29, 0.717) is 22.2 Å². The van der Waals surface area contributed by atoms with Crippen LogP contribution in [-0.2, 0) is 0 Å². The lowest BCUT2D eigenvalue weighted by atomic mass is 9.78. The highest BCUT2D eigenvalue weighted by Gasteiger charge is 2.27. The Morgan fingerprint density at radius 3 is 2.35 bits per heavy atom. The molecule has 1 rings (SSSR count). The zero-order chi connectivity index (χ0) is 12.8. The summed E-state index contributed by atoms with van der Waals surface area (Å²) in [4.78, 5) is 0. The van der Waals surface area contributed by atoms with E-state index in [-0.39, 0.29) is 0 Å². The molecule has 0 aliphatic heterocycles. The van der Waals surface area contributed by atoms with Gasteiger partial charge in [-0.25, -0.2) is 0 Å². The molecule has 17 heavy (non-hydrogen) atoms. The highest BCUT2D eigenvalue weighted by Crippen LogP contribution is 2.29. The van der Waals surface area contributed by atoms with Crippen LogP contribution in [-0.4, -0.2) is 23.3 Å². The van der Waals surface area contributed by atoms with Crippen LogP contribution in [0.3, 0.4) is 0 Å². The number of hydrazine groups is 1. The first-order chi connectivity index (χ1) is 8.04. The van der Waals surface area contributed by atoms with Gasteiger partial charge in [-0.05, 0) is 42.7 Å². The van der Waals surface area contributed by atoms with Gasteiger partial charge in [0.25, 0.3) is 0 Å². The Morgan fingerprint density at radius 2 is 1.71 bits per heavy atom. The van der Waals surface area contributed by atoms with Gasteiger partial charge in [0.1, 0.15) is 0 Å². The molecule has 4 N–H and O–H groups in total. The van der Waals surface area contributed by atoms with Gasteiger partial charge in [-0.15, -0.1) is 0 Å². The van der Waals surface area contributed by atoms with E-state index < -0.39 is 0 Å². The molecule has 0 bridgehead atoms. The number of hydrogen-bond acceptors (Lipinski definition) is 2. The largest absolute Gasteiger partial charge is 0.364 e. The van der Waals surface area contributed by atoms with E-state index >= 15 is 0 Å². The van der Waals surface area contributed by atoms with Gasteiger partial charge in [-0.2, -0.15) is 0 Å². The molecule has 4 nitrogen and oxygen atoms in total. The lowest BCUT2D eigenvalue weighted by Gasteiger charge is -2.35. The van der Waals surface area contributed by atoms with Gasteiger partial charge in [0, 0.05) is 13.1 Å². The molecule has 98 valence electrons. The Balaban J connectivity index is 2.32. The third kappa shape index (κ3) is 4.63. The van der Waals surface area contributed by atoms with Crippen LogP contribution in [0, 0.1) is 11.8 Å². The van der Waals surface area contributed by atoms with Crippen molar-refractivity contribution in [3.05, 3.63) is 0 Å². The van der Waals surface area contributed by atoms with Crippen LogP contribution >= 0.6 is 24.4 Å². The SMILES string of the molecule is CNC(=S)NNC(=S)N[C@@H]1CCC[C@@H](C)[C@H]1C. The van der Waals surface area contributed by atoms with E-state index in [1.54, 1.807) is 7.05 Å². The zero-order valence-electron chi connectivity index (χ0n) is 10.7. The molecular weight excluding hydrogens is 252 g/mol. The van der Waals surface area contributed by atoms with Crippen LogP contribution in [0.25, 0.3) is 0 Å². The monoisotopic (exact) mass is 274 g/mol. The second kappa shape index (κ2) is 6.96. The van der Waals surface area contributed by atoms with Crippen LogP contribution in [0.2, 0.25) is 0 Å². The summed E-state index contributed by atoms with van der Waals surface area (Å²) in [7, 11) is 1.76. The molecule has 0 aromatic rings. The highest BCUT2D eigenvalue weighted by atomic mass is 32.1. The molecule has 1 saturated carbocycles. The van der Waals surface area contributed by atoms with Crippen LogP contribution in [0.5, 0.6) is 0 Å². The fourth-order valence-electron chi connectivity index (χ4n) is 2.17. The van der Waals surface area contributed by atoms with E-state index in [2.05, 4.69) is 35.3 Å². The van der Waals surface area contributed by atoms with Gasteiger partial charge in [-0.1, -0.05) is 26.7 Å². The Labute approximate surface area is 114 Å². The van der Waals surface area contributed by atoms with Crippen molar-refractivity contribution in [2.75, 3.05) is 7.05 Å². The summed E-state index contributed by atoms with van der Waals surface area (Å²) in [6, 6.07) is 0.462. The molecule has 1 fully saturated rings. The summed E-state index contributed by atoms with van der Waals surface area (Å²) in [5.74, 6) is 1.41. The van der Waals surface area contributed by atoms with Crippen LogP contribution in [0.4, 0.5) is 0 Å². The summed E-state index contributed by atoms with van der Waals surface area (Å²) in [6.07, 6.45) is 3.78. The van der Waals surface area contributed by atoms with Crippen molar-refractivity contribution in [3.63, 3.8) is 0 Å². The van der Waals surface area contributed by atoms with Crippen molar-refractivity contribution in [1.29, 1.82) is 0 Å². The first-order valence-electron chi connectivity index (χ1n) is 6.08. The standard InChI is InChI=1S/C11H22N4S2/c1-7-5-4-6-9(8(7)2)13-11(17)15-14-10(16)12-3/h7-9H,4-6H2,1-3H3,(H2,12,14,16)(H2,13,15,17)/t7-,8-,9-/m1/s1. The fourth-order valence-corrected chi connectivity index (χ4v) is 2.42. The maximum absolute atomic E-state index is 5.22. The summed E-state index contributed by atoms with van der Waals surface area (Å²) in [5.41, 5.74) is 5.70. The van der Waals surface area contributed by atoms with Crippen molar-refractivity contribution in [1.82, 2.24) is 21.5 Å². The molecule has 0 radical (unpaired) electrons. The molecular formula is C11H22N4S2. The van der Waals surface area contributed by atoms with Crippen LogP contribution in [0.15, 0.2) is 0 Å². The minimum atomic E-state index is 0.462. The normalized spacial score (nSPS) is 28.1. The van der Waals surface area contributed by atoms with Gasteiger partial charge in [0.05, 0.1) is 0 Å². The average molecular weight is 274 g/mol. The third-order valence-electron chi connectivity index (χ3n) is 3.54. The van der Waals surface area contributed by atoms with E-state index in [0.717, 1.165) is 5.92 Å². The number of rotatable bonds is 1. The maximum atomic E-state index is 5.22. The predicted octanol–water partition coefficient (Wildman–Crippen LogP) is 1.28. The fraction of sp³-hybridized carbons (Fsp3) is 0.818. The molecule has 1 aliphatic rings. The smallest absolute Gasteiger partial charge is 0.185 e. The van der Waals surface area contributed by atoms with E-state index in [1.165, 1.54) is 19.3 Å². The number of thiocarbonyl (C=S) groups is 2. The van der Waals surface area contributed by atoms with Gasteiger partial charge in [-0.3, -0.25) is 10.9 Å². The molecule has 0 unspecified atom stereocenters. The van der Waals surface area contributed by atoms with Crippen molar-refractivity contribution in [3.8, 4) is 0 Å². The van der Waals surface area contributed by atoms with Crippen molar-refractivity contribution in [2.24, 2.45) is 11.8 Å². The van der Waals surface area contributed by atoms with E-state index in [4.69, 9.17) is 24.4 Å². The minimum Gasteiger partial charge on any atom is -0.364 e. The Kier molecular flexibility index (Phi) is 5.91. The zero-order valence-corrected chi connectivity index (χ0v) is 12.3. The van der Waals surface area contributed by atoms with Gasteiger partial charge < -0.3 is 10.6 Å². The van der Waals surface area contributed by atoms with Crippen molar-refractivity contribution in [2.45, 2.75) is 39.2 Å². The van der Waals surface area contributed by atoms with Gasteiger partial charge in [0.15, 0.2) is 10.2 Å². The molecule has 0 heterocycles. The predicted molar refractivity (Wildman–Crippen MR) is 79.6 cm³/mol. The van der Waals surface area contributed by atoms with Crippen molar-refractivity contribution >= 4 is 34.7 Å². The molecule has 3 atom stereocenters. The lowest BCUT2D eigenvalue weighted by molar-refractivity contribution is 0.224. The second-order valence-electron chi connectivity index (χ2n) is 4.68. The Morgan fingerprint density at radius 1 is 1.06 bits per heavy atom. The van der Waals surface area contributed by atoms with Crippen LogP contribution in [0.1, 0.15) is 33.1 Å². The Bertz CT molecular complexity index is 283. The van der Waals surface area contributed by atoms with E-state index in [9.17, 15) is 0 Å². The van der Waals surface area contributed by atoms with E-state index in [1.807, 2.05) is 0 Å². The van der Waals surface area contributed by atoms with Crippen LogP contribution < -0.4 is 21.5 Å². The number of nitrogens with one attached hydrogen (secondary N) is 4. The second-order valence-corrected chi connectivity index (χ2v) is 5.49. The summed E-state index contributed by atoms with van der Waals surface area (Å²) in [6.45, 7) is 4.60. The summed E-state index contributed by atoms with van der Waals surface area (Å²) in [5, 5.41) is 7.29.